The van der Waals surface area contributed by atoms with Crippen molar-refractivity contribution in [1.29, 1.82) is 0 Å². The lowest BCUT2D eigenvalue weighted by Crippen LogP contribution is -2.33. The largest absolute Gasteiger partial charge is 0.462 e. The van der Waals surface area contributed by atoms with Gasteiger partial charge in [0.1, 0.15) is 17.5 Å². The van der Waals surface area contributed by atoms with Gasteiger partial charge in [0.2, 0.25) is 5.43 Å². The summed E-state index contributed by atoms with van der Waals surface area (Å²) in [6.07, 6.45) is 2.04. The minimum absolute atomic E-state index is 0.119. The molecule has 1 amide bonds. The maximum Gasteiger partial charge on any atom is 0.305 e. The molecule has 2 aromatic rings. The lowest BCUT2D eigenvalue weighted by Gasteiger charge is -2.11. The van der Waals surface area contributed by atoms with E-state index in [1.807, 2.05) is 6.07 Å². The van der Waals surface area contributed by atoms with Crippen molar-refractivity contribution in [2.24, 2.45) is 0 Å². The van der Waals surface area contributed by atoms with E-state index in [9.17, 15) is 19.5 Å². The zero-order valence-corrected chi connectivity index (χ0v) is 12.4. The molecule has 7 nitrogen and oxygen atoms in total. The third-order valence-electron chi connectivity index (χ3n) is 3.75. The molecule has 0 bridgehead atoms. The van der Waals surface area contributed by atoms with Crippen LogP contribution >= 0.6 is 0 Å². The molecule has 0 saturated carbocycles. The molecule has 0 aliphatic heterocycles. The van der Waals surface area contributed by atoms with E-state index in [0.29, 0.717) is 11.0 Å². The Morgan fingerprint density at radius 3 is 2.70 bits per heavy atom. The molecular weight excluding hydrogens is 302 g/mol. The van der Waals surface area contributed by atoms with Crippen molar-refractivity contribution in [2.75, 3.05) is 5.32 Å². The van der Waals surface area contributed by atoms with E-state index in [1.165, 1.54) is 5.56 Å². The van der Waals surface area contributed by atoms with Crippen LogP contribution in [0.15, 0.2) is 27.6 Å². The second-order valence-corrected chi connectivity index (χ2v) is 5.40. The summed E-state index contributed by atoms with van der Waals surface area (Å²) in [4.78, 5) is 34.9. The van der Waals surface area contributed by atoms with Crippen molar-refractivity contribution in [1.82, 2.24) is 0 Å². The quantitative estimate of drug-likeness (QED) is 0.648. The number of hydrogen-bond donors (Lipinski definition) is 2. The summed E-state index contributed by atoms with van der Waals surface area (Å²) in [5.74, 6) is -1.83. The highest BCUT2D eigenvalue weighted by Gasteiger charge is 2.21. The van der Waals surface area contributed by atoms with Crippen molar-refractivity contribution < 1.29 is 23.8 Å². The lowest BCUT2D eigenvalue weighted by atomic mass is 10.1. The van der Waals surface area contributed by atoms with Gasteiger partial charge in [0.05, 0.1) is 5.39 Å². The van der Waals surface area contributed by atoms with Gasteiger partial charge < -0.3 is 19.6 Å². The summed E-state index contributed by atoms with van der Waals surface area (Å²) in [6, 6.07) is 3.63. The zero-order chi connectivity index (χ0) is 16.6. The Morgan fingerprint density at radius 2 is 2.00 bits per heavy atom. The van der Waals surface area contributed by atoms with Crippen molar-refractivity contribution in [3.63, 3.8) is 0 Å². The molecule has 0 spiro atoms. The fourth-order valence-corrected chi connectivity index (χ4v) is 2.69. The van der Waals surface area contributed by atoms with Gasteiger partial charge in [0.15, 0.2) is 0 Å². The number of nitrogens with one attached hydrogen (secondary N) is 1. The summed E-state index contributed by atoms with van der Waals surface area (Å²) < 4.78 is 9.75. The van der Waals surface area contributed by atoms with E-state index in [1.54, 1.807) is 6.07 Å². The molecular formula is C16H15NO6. The average molecular weight is 317 g/mol. The Labute approximate surface area is 130 Å². The van der Waals surface area contributed by atoms with Crippen molar-refractivity contribution in [3.05, 3.63) is 39.7 Å². The normalized spacial score (nSPS) is 14.3. The zero-order valence-electron chi connectivity index (χ0n) is 12.4. The number of benzene rings is 1. The Kier molecular flexibility index (Phi) is 3.87. The first-order chi connectivity index (χ1) is 11.0. The molecule has 1 aliphatic rings. The van der Waals surface area contributed by atoms with Gasteiger partial charge in [-0.05, 0) is 42.5 Å². The van der Waals surface area contributed by atoms with Crippen LogP contribution in [0.4, 0.5) is 5.69 Å². The van der Waals surface area contributed by atoms with Crippen LogP contribution in [0.5, 0.6) is 0 Å². The standard InChI is InChI=1S/C16H15NO6/c1-8(18)23-16(21)15(20)17-12-7-22-13-6-10-4-2-3-9(10)5-11(13)14(12)19/h5-7,16,21H,2-4H2,1H3,(H,17,20). The van der Waals surface area contributed by atoms with Crippen molar-refractivity contribution >= 4 is 28.5 Å². The number of carbonyl (C=O) groups is 2. The van der Waals surface area contributed by atoms with E-state index in [0.717, 1.165) is 38.0 Å². The minimum Gasteiger partial charge on any atom is -0.462 e. The number of carbonyl (C=O) groups excluding carboxylic acids is 2. The molecule has 1 atom stereocenters. The van der Waals surface area contributed by atoms with E-state index >= 15 is 0 Å². The number of fused-ring (bicyclic) bond motifs is 2. The smallest absolute Gasteiger partial charge is 0.305 e. The molecule has 7 heteroatoms. The van der Waals surface area contributed by atoms with Gasteiger partial charge >= 0.3 is 5.97 Å². The molecule has 120 valence electrons. The molecule has 1 aromatic carbocycles. The molecule has 1 heterocycles. The van der Waals surface area contributed by atoms with Gasteiger partial charge in [-0.1, -0.05) is 0 Å². The molecule has 0 radical (unpaired) electrons. The topological polar surface area (TPSA) is 106 Å². The number of amides is 1. The predicted octanol–water partition coefficient (Wildman–Crippen LogP) is 1.10. The maximum absolute atomic E-state index is 12.4. The number of aryl methyl sites for hydroxylation is 2. The summed E-state index contributed by atoms with van der Waals surface area (Å²) in [5, 5.41) is 12.0. The monoisotopic (exact) mass is 317 g/mol. The Morgan fingerprint density at radius 1 is 1.30 bits per heavy atom. The molecule has 23 heavy (non-hydrogen) atoms. The Bertz CT molecular complexity index is 854. The first-order valence-corrected chi connectivity index (χ1v) is 7.19. The second-order valence-electron chi connectivity index (χ2n) is 5.40. The van der Waals surface area contributed by atoms with Gasteiger partial charge in [-0.2, -0.15) is 0 Å². The SMILES string of the molecule is CC(=O)OC(O)C(=O)Nc1coc2cc3c(cc2c1=O)CCC3. The third kappa shape index (κ3) is 2.95. The number of aliphatic hydroxyl groups is 1. The number of esters is 1. The maximum atomic E-state index is 12.4. The fourth-order valence-electron chi connectivity index (χ4n) is 2.69. The minimum atomic E-state index is -1.98. The van der Waals surface area contributed by atoms with Gasteiger partial charge in [-0.15, -0.1) is 0 Å². The lowest BCUT2D eigenvalue weighted by molar-refractivity contribution is -0.171. The van der Waals surface area contributed by atoms with E-state index in [4.69, 9.17) is 4.42 Å². The van der Waals surface area contributed by atoms with E-state index in [-0.39, 0.29) is 5.69 Å². The van der Waals surface area contributed by atoms with Crippen LogP contribution in [0.1, 0.15) is 24.5 Å². The van der Waals surface area contributed by atoms with Crippen LogP contribution < -0.4 is 10.7 Å². The predicted molar refractivity (Wildman–Crippen MR) is 80.9 cm³/mol. The van der Waals surface area contributed by atoms with E-state index in [2.05, 4.69) is 10.1 Å². The second kappa shape index (κ2) is 5.85. The number of hydrogen-bond acceptors (Lipinski definition) is 6. The number of rotatable bonds is 3. The van der Waals surface area contributed by atoms with Crippen LogP contribution in [0.3, 0.4) is 0 Å². The van der Waals surface area contributed by atoms with Gasteiger partial charge in [-0.25, -0.2) is 0 Å². The van der Waals surface area contributed by atoms with Crippen LogP contribution in [-0.4, -0.2) is 23.3 Å². The molecule has 0 fully saturated rings. The highest BCUT2D eigenvalue weighted by molar-refractivity contribution is 5.95. The van der Waals surface area contributed by atoms with Crippen molar-refractivity contribution in [3.8, 4) is 0 Å². The van der Waals surface area contributed by atoms with Crippen molar-refractivity contribution in [2.45, 2.75) is 32.5 Å². The summed E-state index contributed by atoms with van der Waals surface area (Å²) in [7, 11) is 0. The van der Waals surface area contributed by atoms with Crippen LogP contribution in [-0.2, 0) is 27.2 Å². The Hall–Kier alpha value is -2.67. The molecule has 0 saturated heterocycles. The number of ether oxygens (including phenoxy) is 1. The fraction of sp³-hybridized carbons (Fsp3) is 0.312. The van der Waals surface area contributed by atoms with Gasteiger partial charge in [-0.3, -0.25) is 14.4 Å². The molecule has 1 unspecified atom stereocenters. The molecule has 3 rings (SSSR count). The van der Waals surface area contributed by atoms with Gasteiger partial charge in [0, 0.05) is 6.92 Å². The van der Waals surface area contributed by atoms with E-state index < -0.39 is 23.6 Å². The summed E-state index contributed by atoms with van der Waals surface area (Å²) >= 11 is 0. The molecule has 1 aliphatic carbocycles. The highest BCUT2D eigenvalue weighted by Crippen LogP contribution is 2.26. The number of aliphatic hydroxyl groups excluding tert-OH is 1. The van der Waals surface area contributed by atoms with Crippen LogP contribution in [0, 0.1) is 0 Å². The summed E-state index contributed by atoms with van der Waals surface area (Å²) in [6.45, 7) is 1.06. The molecule has 1 aromatic heterocycles. The van der Waals surface area contributed by atoms with Crippen LogP contribution in [0.2, 0.25) is 0 Å². The number of anilines is 1. The first-order valence-electron chi connectivity index (χ1n) is 7.19. The third-order valence-corrected chi connectivity index (χ3v) is 3.75. The highest BCUT2D eigenvalue weighted by atomic mass is 16.6. The van der Waals surface area contributed by atoms with Gasteiger partial charge in [0.25, 0.3) is 12.2 Å². The first kappa shape index (κ1) is 15.2. The Balaban J connectivity index is 1.92. The average Bonchev–Trinajstić information content (AvgIpc) is 2.95. The van der Waals surface area contributed by atoms with Crippen LogP contribution in [0.25, 0.3) is 11.0 Å². The molecule has 2 N–H and O–H groups in total. The summed E-state index contributed by atoms with van der Waals surface area (Å²) in [5.41, 5.74) is 2.20.